The summed E-state index contributed by atoms with van der Waals surface area (Å²) in [6, 6.07) is 0. The molecule has 0 heterocycles. The van der Waals surface area contributed by atoms with Crippen LogP contribution in [0.15, 0.2) is 0 Å². The molecule has 2 nitrogen and oxygen atoms in total. The van der Waals surface area contributed by atoms with Crippen LogP contribution in [0.1, 0.15) is 0 Å². The summed E-state index contributed by atoms with van der Waals surface area (Å²) in [6.45, 7) is -0.500. The number of hydrogen-bond donors (Lipinski definition) is 0. The second kappa shape index (κ2) is 20.1. The zero-order valence-electron chi connectivity index (χ0n) is 2.73. The fourth-order valence-corrected chi connectivity index (χ4v) is 0. The molecule has 0 fully saturated rings. The molecule has 0 aliphatic carbocycles. The normalized spacial score (nSPS) is 2.40. The molecule has 0 unspecified atom stereocenters. The molecule has 0 bridgehead atoms. The SMILES string of the molecule is O=C[O-].[Co].[Na+]. The van der Waals surface area contributed by atoms with Gasteiger partial charge in [0.05, 0.1) is 0 Å². The first-order valence-electron chi connectivity index (χ1n) is 0.471. The minimum atomic E-state index is -0.500. The van der Waals surface area contributed by atoms with Gasteiger partial charge in [-0.05, 0) is 0 Å². The molecule has 4 heteroatoms. The third kappa shape index (κ3) is 46.2. The maximum atomic E-state index is 8.25. The smallest absolute Gasteiger partial charge is 0.554 e. The average Bonchev–Trinajstić information content (AvgIpc) is 0.918. The first kappa shape index (κ1) is 16.7. The summed E-state index contributed by atoms with van der Waals surface area (Å²) in [5.74, 6) is 0. The molecule has 0 amide bonds. The van der Waals surface area contributed by atoms with Gasteiger partial charge in [-0.2, -0.15) is 0 Å². The molecule has 27 valence electrons. The fraction of sp³-hybridized carbons (Fsp3) is 0. The van der Waals surface area contributed by atoms with E-state index in [-0.39, 0.29) is 46.3 Å². The maximum absolute atomic E-state index is 8.25. The summed E-state index contributed by atoms with van der Waals surface area (Å²) >= 11 is 0. The predicted molar refractivity (Wildman–Crippen MR) is 6.06 cm³/mol. The van der Waals surface area contributed by atoms with Crippen molar-refractivity contribution in [3.8, 4) is 0 Å². The van der Waals surface area contributed by atoms with Crippen LogP contribution in [0.2, 0.25) is 0 Å². The Morgan fingerprint density at radius 1 is 1.60 bits per heavy atom. The molecule has 0 aromatic carbocycles. The van der Waals surface area contributed by atoms with E-state index in [1.54, 1.807) is 0 Å². The van der Waals surface area contributed by atoms with Crippen molar-refractivity contribution < 1.29 is 56.2 Å². The van der Waals surface area contributed by atoms with E-state index in [1.807, 2.05) is 0 Å². The topological polar surface area (TPSA) is 40.1 Å². The summed E-state index contributed by atoms with van der Waals surface area (Å²) < 4.78 is 0. The molecular weight excluding hydrogens is 126 g/mol. The van der Waals surface area contributed by atoms with Crippen LogP contribution < -0.4 is 34.7 Å². The summed E-state index contributed by atoms with van der Waals surface area (Å²) in [5.41, 5.74) is 0. The number of rotatable bonds is 0. The Hall–Kier alpha value is 0.976. The monoisotopic (exact) mass is 127 g/mol. The minimum absolute atomic E-state index is 0. The first-order valence-corrected chi connectivity index (χ1v) is 0.471. The van der Waals surface area contributed by atoms with Gasteiger partial charge in [-0.1, -0.05) is 0 Å². The number of carboxylic acid groups (broad SMARTS) is 1. The Kier molecular flexibility index (Phi) is 67.3. The van der Waals surface area contributed by atoms with Gasteiger partial charge in [0, 0.05) is 23.3 Å². The third-order valence-corrected chi connectivity index (χ3v) is 0. The molecular formula is CHCoNaO2. The number of carbonyl (C=O) groups excluding carboxylic acids is 1. The number of carbonyl (C=O) groups is 1. The van der Waals surface area contributed by atoms with E-state index in [0.717, 1.165) is 0 Å². The molecule has 0 aromatic heterocycles. The van der Waals surface area contributed by atoms with Crippen molar-refractivity contribution in [1.82, 2.24) is 0 Å². The van der Waals surface area contributed by atoms with Crippen LogP contribution in [0.5, 0.6) is 0 Å². The van der Waals surface area contributed by atoms with E-state index in [4.69, 9.17) is 9.90 Å². The molecule has 0 atom stereocenters. The molecule has 0 saturated heterocycles. The van der Waals surface area contributed by atoms with Crippen molar-refractivity contribution in [1.29, 1.82) is 0 Å². The molecule has 0 aliphatic heterocycles. The van der Waals surface area contributed by atoms with Crippen molar-refractivity contribution in [2.45, 2.75) is 0 Å². The van der Waals surface area contributed by atoms with Crippen molar-refractivity contribution in [3.63, 3.8) is 0 Å². The van der Waals surface area contributed by atoms with Crippen LogP contribution in [0.4, 0.5) is 0 Å². The maximum Gasteiger partial charge on any atom is 1.00 e. The molecule has 0 rings (SSSR count). The fourth-order valence-electron chi connectivity index (χ4n) is 0. The van der Waals surface area contributed by atoms with Crippen LogP contribution in [0, 0.1) is 0 Å². The summed E-state index contributed by atoms with van der Waals surface area (Å²) in [6.07, 6.45) is 0. The quantitative estimate of drug-likeness (QED) is 0.242. The van der Waals surface area contributed by atoms with Gasteiger partial charge >= 0.3 is 29.6 Å². The zero-order chi connectivity index (χ0) is 2.71. The largest absolute Gasteiger partial charge is 1.00 e. The van der Waals surface area contributed by atoms with E-state index < -0.39 is 6.47 Å². The second-order valence-corrected chi connectivity index (χ2v) is 0.0962. The third-order valence-electron chi connectivity index (χ3n) is 0. The Morgan fingerprint density at radius 3 is 1.60 bits per heavy atom. The van der Waals surface area contributed by atoms with E-state index >= 15 is 0 Å². The van der Waals surface area contributed by atoms with Gasteiger partial charge in [-0.25, -0.2) is 0 Å². The first-order chi connectivity index (χ1) is 1.41. The Morgan fingerprint density at radius 2 is 1.60 bits per heavy atom. The van der Waals surface area contributed by atoms with Gasteiger partial charge in [0.15, 0.2) is 0 Å². The predicted octanol–water partition coefficient (Wildman–Crippen LogP) is -4.63. The van der Waals surface area contributed by atoms with Crippen LogP contribution in [-0.4, -0.2) is 6.47 Å². The van der Waals surface area contributed by atoms with Crippen molar-refractivity contribution in [2.75, 3.05) is 0 Å². The van der Waals surface area contributed by atoms with Crippen molar-refractivity contribution in [2.24, 2.45) is 0 Å². The van der Waals surface area contributed by atoms with Gasteiger partial charge in [0.2, 0.25) is 0 Å². The Bertz CT molecular complexity index is 17.1. The van der Waals surface area contributed by atoms with Gasteiger partial charge in [-0.15, -0.1) is 0 Å². The van der Waals surface area contributed by atoms with Gasteiger partial charge in [-0.3, -0.25) is 0 Å². The van der Waals surface area contributed by atoms with Gasteiger partial charge in [0.1, 0.15) is 0 Å². The Balaban J connectivity index is -0.0000000200. The Labute approximate surface area is 62.4 Å². The molecule has 1 radical (unpaired) electrons. The molecule has 0 aromatic rings. The van der Waals surface area contributed by atoms with Gasteiger partial charge in [0.25, 0.3) is 0 Å². The molecule has 0 N–H and O–H groups in total. The van der Waals surface area contributed by atoms with Crippen LogP contribution in [0.25, 0.3) is 0 Å². The minimum Gasteiger partial charge on any atom is -0.554 e. The second-order valence-electron chi connectivity index (χ2n) is 0.0962. The average molecular weight is 127 g/mol. The molecule has 5 heavy (non-hydrogen) atoms. The van der Waals surface area contributed by atoms with E-state index in [2.05, 4.69) is 0 Å². The van der Waals surface area contributed by atoms with Crippen molar-refractivity contribution >= 4 is 6.47 Å². The summed E-state index contributed by atoms with van der Waals surface area (Å²) in [5, 5.41) is 8.25. The zero-order valence-corrected chi connectivity index (χ0v) is 5.77. The van der Waals surface area contributed by atoms with E-state index in [1.165, 1.54) is 0 Å². The van der Waals surface area contributed by atoms with E-state index in [0.29, 0.717) is 0 Å². The summed E-state index contributed by atoms with van der Waals surface area (Å²) in [4.78, 5) is 8.25. The van der Waals surface area contributed by atoms with Gasteiger partial charge < -0.3 is 9.90 Å². The molecule has 0 aliphatic rings. The summed E-state index contributed by atoms with van der Waals surface area (Å²) in [7, 11) is 0. The molecule has 0 spiro atoms. The van der Waals surface area contributed by atoms with E-state index in [9.17, 15) is 0 Å². The van der Waals surface area contributed by atoms with Crippen LogP contribution in [-0.2, 0) is 21.6 Å². The molecule has 0 saturated carbocycles. The van der Waals surface area contributed by atoms with Crippen molar-refractivity contribution in [3.05, 3.63) is 0 Å². The van der Waals surface area contributed by atoms with Crippen LogP contribution >= 0.6 is 0 Å². The standard InChI is InChI=1S/CH2O2.Co.Na/c2-1-3;;/h1H,(H,2,3);;/q;;+1/p-1. The number of hydrogen-bond acceptors (Lipinski definition) is 2. The van der Waals surface area contributed by atoms with Crippen LogP contribution in [0.3, 0.4) is 0 Å².